The lowest BCUT2D eigenvalue weighted by molar-refractivity contribution is 0.168. The van der Waals surface area contributed by atoms with Crippen LogP contribution >= 0.6 is 11.6 Å². The second-order valence-electron chi connectivity index (χ2n) is 7.22. The van der Waals surface area contributed by atoms with E-state index in [-0.39, 0.29) is 6.03 Å². The van der Waals surface area contributed by atoms with E-state index >= 15 is 0 Å². The minimum atomic E-state index is -0.0578. The minimum Gasteiger partial charge on any atom is -0.339 e. The van der Waals surface area contributed by atoms with Crippen LogP contribution < -0.4 is 5.32 Å². The number of hydrogen-bond donors (Lipinski definition) is 1. The fraction of sp³-hybridized carbons (Fsp3) is 0.400. The summed E-state index contributed by atoms with van der Waals surface area (Å²) in [6.45, 7) is 3.92. The molecule has 29 heavy (non-hydrogen) atoms. The number of rotatable bonds is 5. The van der Waals surface area contributed by atoms with Gasteiger partial charge in [-0.15, -0.1) is 0 Å². The van der Waals surface area contributed by atoms with Crippen LogP contribution in [0.25, 0.3) is 11.4 Å². The van der Waals surface area contributed by atoms with Gasteiger partial charge in [-0.1, -0.05) is 16.8 Å². The van der Waals surface area contributed by atoms with Crippen molar-refractivity contribution >= 4 is 17.6 Å². The quantitative estimate of drug-likeness (QED) is 0.690. The topological polar surface area (TPSA) is 89.1 Å². The monoisotopic (exact) mass is 414 g/mol. The van der Waals surface area contributed by atoms with Gasteiger partial charge in [-0.2, -0.15) is 10.1 Å². The molecule has 4 rings (SSSR count). The van der Waals surface area contributed by atoms with Gasteiger partial charge in [-0.3, -0.25) is 4.68 Å². The number of carbonyl (C=O) groups excluding carboxylic acids is 1. The van der Waals surface area contributed by atoms with Crippen molar-refractivity contribution in [1.29, 1.82) is 0 Å². The van der Waals surface area contributed by atoms with Gasteiger partial charge in [0.2, 0.25) is 11.7 Å². The molecule has 1 aliphatic rings. The Hall–Kier alpha value is -2.87. The summed E-state index contributed by atoms with van der Waals surface area (Å²) in [7, 11) is 0. The van der Waals surface area contributed by atoms with E-state index in [1.54, 1.807) is 12.1 Å². The maximum absolute atomic E-state index is 12.4. The van der Waals surface area contributed by atoms with Crippen molar-refractivity contribution in [2.45, 2.75) is 32.2 Å². The molecule has 0 aliphatic carbocycles. The molecular weight excluding hydrogens is 392 g/mol. The minimum absolute atomic E-state index is 0.0578. The van der Waals surface area contributed by atoms with Crippen molar-refractivity contribution in [3.8, 4) is 11.4 Å². The maximum atomic E-state index is 12.4. The molecule has 0 bridgehead atoms. The molecule has 1 saturated heterocycles. The number of nitrogens with zero attached hydrogens (tertiary/aromatic N) is 5. The Bertz CT molecular complexity index is 960. The second-order valence-corrected chi connectivity index (χ2v) is 7.65. The number of piperidine rings is 1. The zero-order chi connectivity index (χ0) is 20.2. The number of urea groups is 1. The SMILES string of the molecule is Cc1cnn(C2CCN(C(=O)NCCc3nc(-c4ccc(Cl)cc4)no3)CC2)c1. The molecule has 0 unspecified atom stereocenters. The Morgan fingerprint density at radius 2 is 2.03 bits per heavy atom. The summed E-state index contributed by atoms with van der Waals surface area (Å²) >= 11 is 5.89. The molecule has 1 aromatic carbocycles. The summed E-state index contributed by atoms with van der Waals surface area (Å²) in [4.78, 5) is 18.6. The van der Waals surface area contributed by atoms with Crippen LogP contribution in [0.5, 0.6) is 0 Å². The maximum Gasteiger partial charge on any atom is 0.317 e. The van der Waals surface area contributed by atoms with Gasteiger partial charge in [-0.25, -0.2) is 4.79 Å². The van der Waals surface area contributed by atoms with Gasteiger partial charge in [-0.05, 0) is 49.6 Å². The molecule has 0 atom stereocenters. The van der Waals surface area contributed by atoms with Crippen LogP contribution in [0.2, 0.25) is 5.02 Å². The molecule has 3 aromatic rings. The van der Waals surface area contributed by atoms with E-state index < -0.39 is 0 Å². The average Bonchev–Trinajstić information content (AvgIpc) is 3.38. The molecule has 0 spiro atoms. The van der Waals surface area contributed by atoms with E-state index in [4.69, 9.17) is 16.1 Å². The van der Waals surface area contributed by atoms with Crippen LogP contribution in [-0.4, -0.2) is 50.5 Å². The van der Waals surface area contributed by atoms with Crippen LogP contribution in [0.3, 0.4) is 0 Å². The van der Waals surface area contributed by atoms with Crippen molar-refractivity contribution in [2.24, 2.45) is 0 Å². The molecule has 9 heteroatoms. The molecule has 0 saturated carbocycles. The van der Waals surface area contributed by atoms with E-state index in [1.807, 2.05) is 34.8 Å². The highest BCUT2D eigenvalue weighted by molar-refractivity contribution is 6.30. The summed E-state index contributed by atoms with van der Waals surface area (Å²) in [5.74, 6) is 1.00. The van der Waals surface area contributed by atoms with E-state index in [9.17, 15) is 4.79 Å². The average molecular weight is 415 g/mol. The number of halogens is 1. The number of likely N-dealkylation sites (tertiary alicyclic amines) is 1. The number of hydrogen-bond acceptors (Lipinski definition) is 5. The number of carbonyl (C=O) groups is 1. The standard InChI is InChI=1S/C20H23ClN6O2/c1-14-12-23-27(13-14)17-7-10-26(11-8-17)20(28)22-9-6-18-24-19(25-29-18)15-2-4-16(21)5-3-15/h2-5,12-13,17H,6-11H2,1H3,(H,22,28). The number of amides is 2. The second kappa shape index (κ2) is 8.65. The first-order valence-corrected chi connectivity index (χ1v) is 10.1. The molecule has 3 heterocycles. The van der Waals surface area contributed by atoms with Gasteiger partial charge in [0.25, 0.3) is 0 Å². The van der Waals surface area contributed by atoms with Crippen LogP contribution in [0.15, 0.2) is 41.2 Å². The van der Waals surface area contributed by atoms with E-state index in [2.05, 4.69) is 26.8 Å². The normalized spacial score (nSPS) is 14.9. The lowest BCUT2D eigenvalue weighted by atomic mass is 10.1. The number of nitrogens with one attached hydrogen (secondary N) is 1. The first-order valence-electron chi connectivity index (χ1n) is 9.70. The molecule has 8 nitrogen and oxygen atoms in total. The predicted octanol–water partition coefficient (Wildman–Crippen LogP) is 3.48. The van der Waals surface area contributed by atoms with Crippen LogP contribution in [-0.2, 0) is 6.42 Å². The molecule has 1 N–H and O–H groups in total. The van der Waals surface area contributed by atoms with Crippen LogP contribution in [0.4, 0.5) is 4.79 Å². The van der Waals surface area contributed by atoms with Crippen LogP contribution in [0.1, 0.15) is 30.3 Å². The van der Waals surface area contributed by atoms with Crippen molar-refractivity contribution < 1.29 is 9.32 Å². The summed E-state index contributed by atoms with van der Waals surface area (Å²) in [6, 6.07) is 7.54. The lowest BCUT2D eigenvalue weighted by Crippen LogP contribution is -2.45. The van der Waals surface area contributed by atoms with Gasteiger partial charge in [0.1, 0.15) is 0 Å². The zero-order valence-electron chi connectivity index (χ0n) is 16.2. The molecule has 2 aromatic heterocycles. The molecular formula is C20H23ClN6O2. The van der Waals surface area contributed by atoms with Crippen molar-refractivity contribution in [2.75, 3.05) is 19.6 Å². The number of aryl methyl sites for hydroxylation is 1. The fourth-order valence-electron chi connectivity index (χ4n) is 3.43. The number of benzene rings is 1. The van der Waals surface area contributed by atoms with Gasteiger partial charge >= 0.3 is 6.03 Å². The summed E-state index contributed by atoms with van der Waals surface area (Å²) in [6.07, 6.45) is 6.22. The summed E-state index contributed by atoms with van der Waals surface area (Å²) in [5, 5.41) is 12.0. The summed E-state index contributed by atoms with van der Waals surface area (Å²) in [5.41, 5.74) is 1.99. The van der Waals surface area contributed by atoms with Gasteiger partial charge in [0, 0.05) is 42.8 Å². The first kappa shape index (κ1) is 19.4. The Labute approximate surface area is 173 Å². The van der Waals surface area contributed by atoms with Gasteiger partial charge < -0.3 is 14.7 Å². The Morgan fingerprint density at radius 1 is 1.28 bits per heavy atom. The van der Waals surface area contributed by atoms with E-state index in [0.29, 0.717) is 35.7 Å². The third-order valence-electron chi connectivity index (χ3n) is 5.04. The highest BCUT2D eigenvalue weighted by atomic mass is 35.5. The Balaban J connectivity index is 1.22. The smallest absolute Gasteiger partial charge is 0.317 e. The zero-order valence-corrected chi connectivity index (χ0v) is 17.0. The van der Waals surface area contributed by atoms with E-state index in [1.165, 1.54) is 0 Å². The van der Waals surface area contributed by atoms with Gasteiger partial charge in [0.05, 0.1) is 12.2 Å². The first-order chi connectivity index (χ1) is 14.1. The van der Waals surface area contributed by atoms with Gasteiger partial charge in [0.15, 0.2) is 0 Å². The molecule has 1 fully saturated rings. The fourth-order valence-corrected chi connectivity index (χ4v) is 3.55. The van der Waals surface area contributed by atoms with Crippen molar-refractivity contribution in [3.05, 3.63) is 53.1 Å². The highest BCUT2D eigenvalue weighted by Crippen LogP contribution is 2.22. The Morgan fingerprint density at radius 3 is 2.72 bits per heavy atom. The molecule has 152 valence electrons. The Kier molecular flexibility index (Phi) is 5.80. The predicted molar refractivity (Wildman–Crippen MR) is 109 cm³/mol. The third kappa shape index (κ3) is 4.76. The number of aromatic nitrogens is 4. The van der Waals surface area contributed by atoms with Crippen LogP contribution in [0, 0.1) is 6.92 Å². The highest BCUT2D eigenvalue weighted by Gasteiger charge is 2.24. The lowest BCUT2D eigenvalue weighted by Gasteiger charge is -2.32. The molecule has 1 aliphatic heterocycles. The summed E-state index contributed by atoms with van der Waals surface area (Å²) < 4.78 is 7.29. The van der Waals surface area contributed by atoms with Crippen molar-refractivity contribution in [1.82, 2.24) is 30.1 Å². The third-order valence-corrected chi connectivity index (χ3v) is 5.29. The molecule has 2 amide bonds. The van der Waals surface area contributed by atoms with Crippen molar-refractivity contribution in [3.63, 3.8) is 0 Å². The largest absolute Gasteiger partial charge is 0.339 e. The molecule has 0 radical (unpaired) electrons. The van der Waals surface area contributed by atoms with E-state index in [0.717, 1.165) is 37.1 Å².